The number of esters is 2. The molecule has 0 aromatic rings. The van der Waals surface area contributed by atoms with Gasteiger partial charge in [0.2, 0.25) is 0 Å². The first kappa shape index (κ1) is 27.1. The van der Waals surface area contributed by atoms with Crippen LogP contribution < -0.4 is 0 Å². The Bertz CT molecular complexity index is 1120. The number of hydrogen-bond donors (Lipinski definition) is 2. The van der Waals surface area contributed by atoms with Gasteiger partial charge in [-0.1, -0.05) is 25.2 Å². The van der Waals surface area contributed by atoms with E-state index < -0.39 is 52.8 Å². The third kappa shape index (κ3) is 4.06. The summed E-state index contributed by atoms with van der Waals surface area (Å²) in [5.74, 6) is -1.10. The van der Waals surface area contributed by atoms with Crippen molar-refractivity contribution in [3.63, 3.8) is 0 Å². The second-order valence-electron chi connectivity index (χ2n) is 12.4. The summed E-state index contributed by atoms with van der Waals surface area (Å²) in [5, 5.41) is 20.6. The molecule has 3 saturated heterocycles. The SMILES string of the molecule is C/C1=C\C(=O)OCC23CCC4(C)OC4C2OC2CC(OC(=O)/C=C/C=C/C(C(C)O)OCC1O)C3(C)C21CO1. The number of hydrogen-bond acceptors (Lipinski definition) is 10. The standard InChI is InChI=1S/C29H38O10/c1-16-11-23(33)35-14-28-10-9-26(3)24(39-26)25(28)38-21-12-20(27(28,4)29(21)15-36-29)37-22(32)8-6-5-7-19(17(2)30)34-13-18(16)31/h5-8,11,17-21,24-25,30-31H,9-10,12-15H2,1-4H3/b7-5+,8-6+,16-11+. The van der Waals surface area contributed by atoms with E-state index in [2.05, 4.69) is 13.8 Å². The van der Waals surface area contributed by atoms with Crippen LogP contribution in [0.3, 0.4) is 0 Å². The largest absolute Gasteiger partial charge is 0.462 e. The molecular formula is C29H38O10. The molecule has 4 heterocycles. The zero-order valence-electron chi connectivity index (χ0n) is 22.8. The molecule has 10 nitrogen and oxygen atoms in total. The van der Waals surface area contributed by atoms with Crippen LogP contribution in [0.1, 0.15) is 47.0 Å². The van der Waals surface area contributed by atoms with Crippen LogP contribution in [-0.2, 0) is 38.0 Å². The number of cyclic esters (lactones) is 1. The van der Waals surface area contributed by atoms with E-state index in [0.717, 1.165) is 6.42 Å². The normalized spacial score (nSPS) is 53.0. The Morgan fingerprint density at radius 2 is 1.82 bits per heavy atom. The van der Waals surface area contributed by atoms with Crippen molar-refractivity contribution in [3.05, 3.63) is 36.0 Å². The Morgan fingerprint density at radius 3 is 2.54 bits per heavy atom. The van der Waals surface area contributed by atoms with Gasteiger partial charge in [-0.3, -0.25) is 0 Å². The van der Waals surface area contributed by atoms with Gasteiger partial charge in [0, 0.05) is 24.0 Å². The summed E-state index contributed by atoms with van der Waals surface area (Å²) in [5.41, 5.74) is -1.91. The molecule has 0 aromatic heterocycles. The van der Waals surface area contributed by atoms with Gasteiger partial charge in [0.1, 0.15) is 30.5 Å². The molecule has 2 bridgehead atoms. The summed E-state index contributed by atoms with van der Waals surface area (Å²) in [6.07, 6.45) is 5.28. The molecule has 214 valence electrons. The van der Waals surface area contributed by atoms with Crippen LogP contribution in [0.4, 0.5) is 0 Å². The van der Waals surface area contributed by atoms with E-state index in [1.165, 1.54) is 12.2 Å². The van der Waals surface area contributed by atoms with Crippen LogP contribution in [0.2, 0.25) is 0 Å². The number of carbonyl (C=O) groups excluding carboxylic acids is 2. The first-order valence-corrected chi connectivity index (χ1v) is 13.8. The van der Waals surface area contributed by atoms with Crippen molar-refractivity contribution < 1.29 is 48.2 Å². The molecule has 0 radical (unpaired) electrons. The minimum atomic E-state index is -1.07. The predicted octanol–water partition coefficient (Wildman–Crippen LogP) is 1.52. The highest BCUT2D eigenvalue weighted by Gasteiger charge is 2.86. The number of rotatable bonds is 1. The van der Waals surface area contributed by atoms with Crippen LogP contribution in [0.25, 0.3) is 0 Å². The number of aliphatic hydroxyl groups is 2. The molecule has 2 N–H and O–H groups in total. The molecule has 0 aromatic carbocycles. The highest BCUT2D eigenvalue weighted by molar-refractivity contribution is 5.83. The molecule has 11 atom stereocenters. The first-order valence-electron chi connectivity index (χ1n) is 13.8. The second-order valence-corrected chi connectivity index (χ2v) is 12.4. The van der Waals surface area contributed by atoms with Gasteiger partial charge < -0.3 is 38.6 Å². The zero-order valence-corrected chi connectivity index (χ0v) is 22.8. The topological polar surface area (TPSA) is 137 Å². The maximum Gasteiger partial charge on any atom is 0.331 e. The number of epoxide rings is 2. The predicted molar refractivity (Wildman–Crippen MR) is 135 cm³/mol. The first-order chi connectivity index (χ1) is 18.5. The number of aliphatic hydroxyl groups excluding tert-OH is 2. The molecule has 2 spiro atoms. The second kappa shape index (κ2) is 9.22. The number of fused-ring (bicyclic) bond motifs is 2. The molecule has 6 rings (SSSR count). The third-order valence-electron chi connectivity index (χ3n) is 10.3. The lowest BCUT2D eigenvalue weighted by Crippen LogP contribution is -2.69. The van der Waals surface area contributed by atoms with Gasteiger partial charge in [0.15, 0.2) is 0 Å². The molecular weight excluding hydrogens is 508 g/mol. The van der Waals surface area contributed by atoms with Crippen LogP contribution >= 0.6 is 0 Å². The Morgan fingerprint density at radius 1 is 1.05 bits per heavy atom. The van der Waals surface area contributed by atoms with Crippen molar-refractivity contribution in [2.75, 3.05) is 19.8 Å². The van der Waals surface area contributed by atoms with Crippen LogP contribution in [0.15, 0.2) is 36.0 Å². The number of carbonyl (C=O) groups is 2. The lowest BCUT2D eigenvalue weighted by atomic mass is 9.50. The van der Waals surface area contributed by atoms with E-state index in [0.29, 0.717) is 25.0 Å². The maximum atomic E-state index is 13.0. The fourth-order valence-electron chi connectivity index (χ4n) is 7.55. The number of ether oxygens (including phenoxy) is 6. The van der Waals surface area contributed by atoms with E-state index in [4.69, 9.17) is 28.4 Å². The van der Waals surface area contributed by atoms with Gasteiger partial charge in [0.05, 0.1) is 48.6 Å². The lowest BCUT2D eigenvalue weighted by Gasteiger charge is -2.58. The summed E-state index contributed by atoms with van der Waals surface area (Å²) in [6, 6.07) is 0. The Kier molecular flexibility index (Phi) is 6.41. The highest BCUT2D eigenvalue weighted by atomic mass is 16.7. The van der Waals surface area contributed by atoms with Gasteiger partial charge in [-0.2, -0.15) is 0 Å². The highest BCUT2D eigenvalue weighted by Crippen LogP contribution is 2.75. The molecule has 2 saturated carbocycles. The van der Waals surface area contributed by atoms with E-state index in [1.807, 2.05) is 0 Å². The van der Waals surface area contributed by atoms with E-state index in [9.17, 15) is 19.8 Å². The van der Waals surface area contributed by atoms with Crippen molar-refractivity contribution in [2.45, 2.75) is 101 Å². The fraction of sp³-hybridized carbons (Fsp3) is 0.724. The van der Waals surface area contributed by atoms with Gasteiger partial charge in [0.25, 0.3) is 0 Å². The molecule has 6 aliphatic rings. The van der Waals surface area contributed by atoms with Crippen molar-refractivity contribution in [3.8, 4) is 0 Å². The average Bonchev–Trinajstić information content (AvgIpc) is 3.79. The number of allylic oxidation sites excluding steroid dienone is 2. The van der Waals surface area contributed by atoms with E-state index in [-0.39, 0.29) is 37.1 Å². The smallest absolute Gasteiger partial charge is 0.331 e. The maximum absolute atomic E-state index is 13.0. The summed E-state index contributed by atoms with van der Waals surface area (Å²) >= 11 is 0. The van der Waals surface area contributed by atoms with Gasteiger partial charge in [-0.15, -0.1) is 0 Å². The zero-order chi connectivity index (χ0) is 27.8. The minimum Gasteiger partial charge on any atom is -0.462 e. The molecule has 10 heteroatoms. The lowest BCUT2D eigenvalue weighted by molar-refractivity contribution is -0.250. The molecule has 11 unspecified atom stereocenters. The van der Waals surface area contributed by atoms with Crippen LogP contribution in [0, 0.1) is 10.8 Å². The van der Waals surface area contributed by atoms with Crippen molar-refractivity contribution in [1.82, 2.24) is 0 Å². The van der Waals surface area contributed by atoms with E-state index in [1.54, 1.807) is 32.1 Å². The molecule has 0 amide bonds. The molecule has 39 heavy (non-hydrogen) atoms. The quantitative estimate of drug-likeness (QED) is 0.368. The van der Waals surface area contributed by atoms with E-state index >= 15 is 0 Å². The fourth-order valence-corrected chi connectivity index (χ4v) is 7.55. The Labute approximate surface area is 227 Å². The third-order valence-corrected chi connectivity index (χ3v) is 10.3. The minimum absolute atomic E-state index is 0.0356. The summed E-state index contributed by atoms with van der Waals surface area (Å²) in [4.78, 5) is 26.0. The molecule has 4 aliphatic heterocycles. The van der Waals surface area contributed by atoms with Gasteiger partial charge in [-0.05, 0) is 39.2 Å². The van der Waals surface area contributed by atoms with Gasteiger partial charge in [-0.25, -0.2) is 9.59 Å². The molecule has 5 fully saturated rings. The van der Waals surface area contributed by atoms with Crippen LogP contribution in [0.5, 0.6) is 0 Å². The van der Waals surface area contributed by atoms with Crippen molar-refractivity contribution in [1.29, 1.82) is 0 Å². The summed E-state index contributed by atoms with van der Waals surface area (Å²) in [6.45, 7) is 7.74. The Hall–Kier alpha value is -2.08. The van der Waals surface area contributed by atoms with Crippen molar-refractivity contribution in [2.24, 2.45) is 10.8 Å². The van der Waals surface area contributed by atoms with Crippen LogP contribution in [-0.4, -0.2) is 95.9 Å². The Balaban J connectivity index is 1.37. The van der Waals surface area contributed by atoms with Crippen molar-refractivity contribution >= 4 is 11.9 Å². The summed E-state index contributed by atoms with van der Waals surface area (Å²) < 4.78 is 36.7. The summed E-state index contributed by atoms with van der Waals surface area (Å²) in [7, 11) is 0. The van der Waals surface area contributed by atoms with Gasteiger partial charge >= 0.3 is 11.9 Å². The monoisotopic (exact) mass is 546 g/mol. The average molecular weight is 547 g/mol. The molecule has 2 aliphatic carbocycles.